The standard InChI is InChI=1S/C18H24N4O3/c1-18(2,17-19-14(25-21-17)11-22(3)4)20-16(23)15-13-8-6-5-7-12(13)9-10-24-15/h5-8,15H,9-11H2,1-4H3,(H,20,23)/t15-/m1/s1. The zero-order valence-electron chi connectivity index (χ0n) is 15.1. The van der Waals surface area contributed by atoms with Gasteiger partial charge in [-0.15, -0.1) is 0 Å². The first-order valence-electron chi connectivity index (χ1n) is 8.36. The van der Waals surface area contributed by atoms with Crippen LogP contribution in [0.2, 0.25) is 0 Å². The minimum atomic E-state index is -0.763. The van der Waals surface area contributed by atoms with E-state index in [4.69, 9.17) is 9.26 Å². The van der Waals surface area contributed by atoms with Gasteiger partial charge in [0.05, 0.1) is 18.7 Å². The number of hydrogen-bond donors (Lipinski definition) is 1. The molecule has 25 heavy (non-hydrogen) atoms. The number of nitrogens with zero attached hydrogens (tertiary/aromatic N) is 3. The molecule has 1 aliphatic heterocycles. The lowest BCUT2D eigenvalue weighted by Crippen LogP contribution is -2.45. The molecule has 1 aliphatic rings. The molecule has 7 heteroatoms. The Labute approximate surface area is 147 Å². The smallest absolute Gasteiger partial charge is 0.254 e. The molecule has 0 saturated carbocycles. The van der Waals surface area contributed by atoms with E-state index in [1.54, 1.807) is 0 Å². The molecule has 0 saturated heterocycles. The molecule has 2 aromatic rings. The molecular weight excluding hydrogens is 320 g/mol. The number of carbonyl (C=O) groups excluding carboxylic acids is 1. The summed E-state index contributed by atoms with van der Waals surface area (Å²) in [6.07, 6.45) is 0.208. The normalized spacial score (nSPS) is 17.4. The summed E-state index contributed by atoms with van der Waals surface area (Å²) in [5, 5.41) is 7.00. The van der Waals surface area contributed by atoms with Crippen molar-refractivity contribution in [2.24, 2.45) is 0 Å². The Hall–Kier alpha value is -2.25. The second-order valence-corrected chi connectivity index (χ2v) is 7.06. The van der Waals surface area contributed by atoms with Crippen LogP contribution in [0.25, 0.3) is 0 Å². The van der Waals surface area contributed by atoms with Gasteiger partial charge < -0.3 is 19.5 Å². The van der Waals surface area contributed by atoms with E-state index in [1.165, 1.54) is 0 Å². The summed E-state index contributed by atoms with van der Waals surface area (Å²) in [5.41, 5.74) is 1.31. The number of rotatable bonds is 5. The minimum Gasteiger partial charge on any atom is -0.363 e. The molecule has 0 aliphatic carbocycles. The van der Waals surface area contributed by atoms with Gasteiger partial charge >= 0.3 is 0 Å². The van der Waals surface area contributed by atoms with Gasteiger partial charge in [0, 0.05) is 0 Å². The van der Waals surface area contributed by atoms with E-state index < -0.39 is 11.6 Å². The third-order valence-electron chi connectivity index (χ3n) is 4.15. The molecular formula is C18H24N4O3. The molecule has 2 heterocycles. The highest BCUT2D eigenvalue weighted by atomic mass is 16.5. The summed E-state index contributed by atoms with van der Waals surface area (Å²) in [7, 11) is 3.85. The predicted octanol–water partition coefficient (Wildman–Crippen LogP) is 1.80. The van der Waals surface area contributed by atoms with Crippen LogP contribution in [0, 0.1) is 0 Å². The number of carbonyl (C=O) groups is 1. The van der Waals surface area contributed by atoms with Crippen molar-refractivity contribution < 1.29 is 14.1 Å². The Morgan fingerprint density at radius 3 is 2.88 bits per heavy atom. The van der Waals surface area contributed by atoms with Gasteiger partial charge in [-0.2, -0.15) is 4.98 Å². The van der Waals surface area contributed by atoms with Crippen LogP contribution in [0.15, 0.2) is 28.8 Å². The molecule has 1 atom stereocenters. The van der Waals surface area contributed by atoms with E-state index in [1.807, 2.05) is 57.1 Å². The van der Waals surface area contributed by atoms with E-state index in [0.717, 1.165) is 17.5 Å². The van der Waals surface area contributed by atoms with Crippen LogP contribution >= 0.6 is 0 Å². The Kier molecular flexibility index (Phi) is 4.87. The molecule has 1 aromatic carbocycles. The Morgan fingerprint density at radius 2 is 2.12 bits per heavy atom. The SMILES string of the molecule is CN(C)Cc1nc(C(C)(C)NC(=O)[C@@H]2OCCc3ccccc32)no1. The van der Waals surface area contributed by atoms with Gasteiger partial charge in [-0.25, -0.2) is 0 Å². The van der Waals surface area contributed by atoms with E-state index in [9.17, 15) is 4.79 Å². The van der Waals surface area contributed by atoms with Gasteiger partial charge in [-0.05, 0) is 45.5 Å². The number of benzene rings is 1. The van der Waals surface area contributed by atoms with Gasteiger partial charge in [-0.1, -0.05) is 29.4 Å². The van der Waals surface area contributed by atoms with Crippen molar-refractivity contribution in [2.45, 2.75) is 38.5 Å². The fourth-order valence-electron chi connectivity index (χ4n) is 2.88. The first-order valence-corrected chi connectivity index (χ1v) is 8.36. The van der Waals surface area contributed by atoms with Gasteiger partial charge in [0.15, 0.2) is 11.9 Å². The molecule has 0 unspecified atom stereocenters. The van der Waals surface area contributed by atoms with Crippen LogP contribution in [0.5, 0.6) is 0 Å². The number of nitrogens with one attached hydrogen (secondary N) is 1. The highest BCUT2D eigenvalue weighted by Crippen LogP contribution is 2.28. The van der Waals surface area contributed by atoms with Crippen LogP contribution < -0.4 is 5.32 Å². The molecule has 1 aromatic heterocycles. The minimum absolute atomic E-state index is 0.198. The Bertz CT molecular complexity index is 754. The monoisotopic (exact) mass is 344 g/mol. The third kappa shape index (κ3) is 3.88. The maximum atomic E-state index is 12.8. The molecule has 134 valence electrons. The average molecular weight is 344 g/mol. The summed E-state index contributed by atoms with van der Waals surface area (Å²) < 4.78 is 11.0. The van der Waals surface area contributed by atoms with Crippen LogP contribution in [0.1, 0.15) is 42.8 Å². The van der Waals surface area contributed by atoms with Gasteiger partial charge in [0.25, 0.3) is 5.91 Å². The number of hydrogen-bond acceptors (Lipinski definition) is 6. The maximum Gasteiger partial charge on any atom is 0.254 e. The lowest BCUT2D eigenvalue weighted by atomic mass is 9.96. The quantitative estimate of drug-likeness (QED) is 0.891. The topological polar surface area (TPSA) is 80.5 Å². The fraction of sp³-hybridized carbons (Fsp3) is 0.500. The highest BCUT2D eigenvalue weighted by Gasteiger charge is 2.34. The zero-order valence-corrected chi connectivity index (χ0v) is 15.1. The molecule has 3 rings (SSSR count). The second kappa shape index (κ2) is 6.93. The van der Waals surface area contributed by atoms with Gasteiger partial charge in [0.1, 0.15) is 0 Å². The van der Waals surface area contributed by atoms with Crippen LogP contribution in [0.3, 0.4) is 0 Å². The van der Waals surface area contributed by atoms with Crippen LogP contribution in [0.4, 0.5) is 0 Å². The Morgan fingerprint density at radius 1 is 1.36 bits per heavy atom. The Balaban J connectivity index is 1.75. The summed E-state index contributed by atoms with van der Waals surface area (Å²) >= 11 is 0. The third-order valence-corrected chi connectivity index (χ3v) is 4.15. The summed E-state index contributed by atoms with van der Waals surface area (Å²) in [5.74, 6) is 0.763. The molecule has 0 fully saturated rings. The molecule has 1 N–H and O–H groups in total. The van der Waals surface area contributed by atoms with Crippen molar-refractivity contribution in [3.63, 3.8) is 0 Å². The number of fused-ring (bicyclic) bond motifs is 1. The molecule has 0 radical (unpaired) electrons. The predicted molar refractivity (Wildman–Crippen MR) is 91.7 cm³/mol. The molecule has 0 spiro atoms. The lowest BCUT2D eigenvalue weighted by Gasteiger charge is -2.29. The van der Waals surface area contributed by atoms with Crippen LogP contribution in [-0.4, -0.2) is 41.6 Å². The van der Waals surface area contributed by atoms with Gasteiger partial charge in [-0.3, -0.25) is 4.79 Å². The lowest BCUT2D eigenvalue weighted by molar-refractivity contribution is -0.136. The molecule has 1 amide bonds. The number of amides is 1. The first kappa shape index (κ1) is 17.6. The largest absolute Gasteiger partial charge is 0.363 e. The van der Waals surface area contributed by atoms with Crippen molar-refractivity contribution in [2.75, 3.05) is 20.7 Å². The van der Waals surface area contributed by atoms with E-state index >= 15 is 0 Å². The molecule has 7 nitrogen and oxygen atoms in total. The molecule has 0 bridgehead atoms. The van der Waals surface area contributed by atoms with Crippen LogP contribution in [-0.2, 0) is 28.0 Å². The summed E-state index contributed by atoms with van der Waals surface area (Å²) in [6, 6.07) is 7.88. The summed E-state index contributed by atoms with van der Waals surface area (Å²) in [4.78, 5) is 19.1. The first-order chi connectivity index (χ1) is 11.9. The maximum absolute atomic E-state index is 12.8. The van der Waals surface area contributed by atoms with Crippen molar-refractivity contribution in [1.82, 2.24) is 20.4 Å². The van der Waals surface area contributed by atoms with Crippen molar-refractivity contribution in [3.05, 3.63) is 47.1 Å². The van der Waals surface area contributed by atoms with Crippen molar-refractivity contribution in [1.29, 1.82) is 0 Å². The van der Waals surface area contributed by atoms with E-state index in [2.05, 4.69) is 15.5 Å². The highest BCUT2D eigenvalue weighted by molar-refractivity contribution is 5.83. The zero-order chi connectivity index (χ0) is 18.0. The average Bonchev–Trinajstić information content (AvgIpc) is 3.02. The van der Waals surface area contributed by atoms with E-state index in [-0.39, 0.29) is 5.91 Å². The van der Waals surface area contributed by atoms with Crippen molar-refractivity contribution >= 4 is 5.91 Å². The van der Waals surface area contributed by atoms with Gasteiger partial charge in [0.2, 0.25) is 5.89 Å². The fourth-order valence-corrected chi connectivity index (χ4v) is 2.88. The van der Waals surface area contributed by atoms with E-state index in [0.29, 0.717) is 24.9 Å². The van der Waals surface area contributed by atoms with Crippen molar-refractivity contribution in [3.8, 4) is 0 Å². The number of ether oxygens (including phenoxy) is 1. The summed E-state index contributed by atoms with van der Waals surface area (Å²) in [6.45, 7) is 4.79. The number of aromatic nitrogens is 2. The second-order valence-electron chi connectivity index (χ2n) is 7.06.